The van der Waals surface area contributed by atoms with Crippen molar-refractivity contribution in [1.82, 2.24) is 0 Å². The van der Waals surface area contributed by atoms with E-state index in [0.717, 1.165) is 0 Å². The minimum absolute atomic E-state index is 0.0479. The number of carbonyl (C=O) groups excluding carboxylic acids is 1. The summed E-state index contributed by atoms with van der Waals surface area (Å²) < 4.78 is 4.53. The Kier molecular flexibility index (Phi) is 8.06. The van der Waals surface area contributed by atoms with Crippen molar-refractivity contribution in [3.8, 4) is 0 Å². The standard InChI is InChI=1S/C10H19N3O5/c1-3-5-6(14)7(12-13-11)8(15)9(16)10(17)18-4-2/h6-9,14-16H,3-5H2,1-2H3/t6-,7-,8+,9-/m0/s1. The van der Waals surface area contributed by atoms with E-state index in [0.29, 0.717) is 6.42 Å². The summed E-state index contributed by atoms with van der Waals surface area (Å²) in [6, 6.07) is -1.30. The van der Waals surface area contributed by atoms with E-state index < -0.39 is 30.3 Å². The van der Waals surface area contributed by atoms with Crippen molar-refractivity contribution in [1.29, 1.82) is 0 Å². The van der Waals surface area contributed by atoms with Crippen LogP contribution in [0.2, 0.25) is 0 Å². The van der Waals surface area contributed by atoms with Crippen LogP contribution in [-0.2, 0) is 9.53 Å². The second kappa shape index (κ2) is 8.71. The first kappa shape index (κ1) is 16.7. The van der Waals surface area contributed by atoms with Crippen LogP contribution in [0.1, 0.15) is 26.7 Å². The number of nitrogens with zero attached hydrogens (tertiary/aromatic N) is 3. The molecule has 0 aliphatic heterocycles. The summed E-state index contributed by atoms with van der Waals surface area (Å²) in [5, 5.41) is 32.1. The number of esters is 1. The Bertz CT molecular complexity index is 306. The topological polar surface area (TPSA) is 136 Å². The van der Waals surface area contributed by atoms with Gasteiger partial charge in [0.05, 0.1) is 18.8 Å². The van der Waals surface area contributed by atoms with Gasteiger partial charge in [-0.3, -0.25) is 0 Å². The molecule has 0 radical (unpaired) electrons. The molecule has 4 atom stereocenters. The Labute approximate surface area is 105 Å². The normalized spacial score (nSPS) is 17.2. The summed E-state index contributed by atoms with van der Waals surface area (Å²) >= 11 is 0. The first-order chi connectivity index (χ1) is 8.49. The van der Waals surface area contributed by atoms with Crippen molar-refractivity contribution in [2.75, 3.05) is 6.61 Å². The highest BCUT2D eigenvalue weighted by atomic mass is 16.5. The summed E-state index contributed by atoms with van der Waals surface area (Å²) in [6.07, 6.45) is -3.82. The maximum Gasteiger partial charge on any atom is 0.337 e. The second-order valence-electron chi connectivity index (χ2n) is 3.74. The Morgan fingerprint density at radius 3 is 2.44 bits per heavy atom. The van der Waals surface area contributed by atoms with Gasteiger partial charge >= 0.3 is 5.97 Å². The van der Waals surface area contributed by atoms with Crippen molar-refractivity contribution in [3.63, 3.8) is 0 Å². The third-order valence-corrected chi connectivity index (χ3v) is 2.37. The van der Waals surface area contributed by atoms with Gasteiger partial charge in [-0.15, -0.1) is 0 Å². The monoisotopic (exact) mass is 261 g/mol. The van der Waals surface area contributed by atoms with Crippen LogP contribution < -0.4 is 0 Å². The molecule has 0 saturated heterocycles. The lowest BCUT2D eigenvalue weighted by Gasteiger charge is -2.25. The van der Waals surface area contributed by atoms with E-state index in [2.05, 4.69) is 14.8 Å². The van der Waals surface area contributed by atoms with Crippen molar-refractivity contribution < 1.29 is 24.9 Å². The SMILES string of the molecule is CCC[C@H](O)[C@H](N=[N+]=[N-])[C@@H](O)[C@H](O)C(=O)OCC. The van der Waals surface area contributed by atoms with E-state index in [4.69, 9.17) is 5.53 Å². The summed E-state index contributed by atoms with van der Waals surface area (Å²) in [7, 11) is 0. The molecule has 0 saturated carbocycles. The van der Waals surface area contributed by atoms with E-state index in [1.54, 1.807) is 13.8 Å². The fraction of sp³-hybridized carbons (Fsp3) is 0.900. The predicted molar refractivity (Wildman–Crippen MR) is 62.5 cm³/mol. The molecule has 0 fully saturated rings. The minimum Gasteiger partial charge on any atom is -0.464 e. The number of rotatable bonds is 8. The number of carbonyl (C=O) groups is 1. The van der Waals surface area contributed by atoms with Gasteiger partial charge in [0.2, 0.25) is 0 Å². The van der Waals surface area contributed by atoms with Crippen LogP contribution in [0.4, 0.5) is 0 Å². The van der Waals surface area contributed by atoms with Crippen molar-refractivity contribution in [2.45, 2.75) is 51.0 Å². The van der Waals surface area contributed by atoms with Crippen molar-refractivity contribution in [2.24, 2.45) is 5.11 Å². The van der Waals surface area contributed by atoms with Gasteiger partial charge in [0.25, 0.3) is 0 Å². The molecular weight excluding hydrogens is 242 g/mol. The second-order valence-corrected chi connectivity index (χ2v) is 3.74. The van der Waals surface area contributed by atoms with Crippen LogP contribution in [0.25, 0.3) is 10.4 Å². The lowest BCUT2D eigenvalue weighted by atomic mass is 9.98. The van der Waals surface area contributed by atoms with Crippen LogP contribution in [0, 0.1) is 0 Å². The summed E-state index contributed by atoms with van der Waals surface area (Å²) in [5.41, 5.74) is 8.36. The molecule has 0 bridgehead atoms. The molecule has 0 aromatic carbocycles. The molecule has 0 spiro atoms. The van der Waals surface area contributed by atoms with Crippen LogP contribution >= 0.6 is 0 Å². The van der Waals surface area contributed by atoms with Gasteiger partial charge in [0.15, 0.2) is 6.10 Å². The Morgan fingerprint density at radius 2 is 2.00 bits per heavy atom. The molecule has 8 heteroatoms. The molecule has 0 aromatic rings. The average Bonchev–Trinajstić information content (AvgIpc) is 2.34. The highest BCUT2D eigenvalue weighted by Crippen LogP contribution is 2.14. The molecule has 0 rings (SSSR count). The first-order valence-electron chi connectivity index (χ1n) is 5.74. The lowest BCUT2D eigenvalue weighted by Crippen LogP contribution is -2.47. The Balaban J connectivity index is 4.79. The molecule has 0 aliphatic carbocycles. The summed E-state index contributed by atoms with van der Waals surface area (Å²) in [4.78, 5) is 13.7. The minimum atomic E-state index is -1.85. The smallest absolute Gasteiger partial charge is 0.337 e. The molecule has 8 nitrogen and oxygen atoms in total. The fourth-order valence-corrected chi connectivity index (χ4v) is 1.45. The van der Waals surface area contributed by atoms with Crippen molar-refractivity contribution in [3.05, 3.63) is 10.4 Å². The molecular formula is C10H19N3O5. The number of hydrogen-bond acceptors (Lipinski definition) is 6. The van der Waals surface area contributed by atoms with Gasteiger partial charge in [-0.1, -0.05) is 18.5 Å². The average molecular weight is 261 g/mol. The van der Waals surface area contributed by atoms with Crippen LogP contribution in [-0.4, -0.2) is 52.2 Å². The predicted octanol–water partition coefficient (Wildman–Crippen LogP) is 0.111. The Morgan fingerprint density at radius 1 is 1.39 bits per heavy atom. The molecule has 0 heterocycles. The van der Waals surface area contributed by atoms with Gasteiger partial charge in [-0.2, -0.15) is 0 Å². The van der Waals surface area contributed by atoms with E-state index in [-0.39, 0.29) is 13.0 Å². The van der Waals surface area contributed by atoms with Gasteiger partial charge < -0.3 is 20.1 Å². The summed E-state index contributed by atoms with van der Waals surface area (Å²) in [6.45, 7) is 3.39. The largest absolute Gasteiger partial charge is 0.464 e. The molecule has 0 aliphatic rings. The van der Waals surface area contributed by atoms with Gasteiger partial charge in [-0.25, -0.2) is 4.79 Å². The number of hydrogen-bond donors (Lipinski definition) is 3. The molecule has 104 valence electrons. The third kappa shape index (κ3) is 4.89. The number of aliphatic hydroxyl groups is 3. The fourth-order valence-electron chi connectivity index (χ4n) is 1.45. The lowest BCUT2D eigenvalue weighted by molar-refractivity contribution is -0.161. The highest BCUT2D eigenvalue weighted by Gasteiger charge is 2.35. The van der Waals surface area contributed by atoms with Gasteiger partial charge in [-0.05, 0) is 18.9 Å². The summed E-state index contributed by atoms with van der Waals surface area (Å²) in [5.74, 6) is -1.02. The van der Waals surface area contributed by atoms with E-state index in [9.17, 15) is 20.1 Å². The molecule has 18 heavy (non-hydrogen) atoms. The molecule has 0 unspecified atom stereocenters. The maximum absolute atomic E-state index is 11.2. The van der Waals surface area contributed by atoms with Crippen LogP contribution in [0.3, 0.4) is 0 Å². The van der Waals surface area contributed by atoms with Gasteiger partial charge in [0.1, 0.15) is 6.10 Å². The number of ether oxygens (including phenoxy) is 1. The molecule has 0 amide bonds. The van der Waals surface area contributed by atoms with E-state index in [1.165, 1.54) is 0 Å². The molecule has 3 N–H and O–H groups in total. The zero-order valence-electron chi connectivity index (χ0n) is 10.4. The Hall–Kier alpha value is -1.34. The van der Waals surface area contributed by atoms with Crippen LogP contribution in [0.15, 0.2) is 5.11 Å². The number of aliphatic hydroxyl groups excluding tert-OH is 3. The maximum atomic E-state index is 11.2. The highest BCUT2D eigenvalue weighted by molar-refractivity contribution is 5.75. The zero-order chi connectivity index (χ0) is 14.1. The van der Waals surface area contributed by atoms with Crippen molar-refractivity contribution >= 4 is 5.97 Å². The quantitative estimate of drug-likeness (QED) is 0.246. The zero-order valence-corrected chi connectivity index (χ0v) is 10.4. The third-order valence-electron chi connectivity index (χ3n) is 2.37. The van der Waals surface area contributed by atoms with E-state index in [1.807, 2.05) is 0 Å². The van der Waals surface area contributed by atoms with Gasteiger partial charge in [0, 0.05) is 4.91 Å². The van der Waals surface area contributed by atoms with E-state index >= 15 is 0 Å². The first-order valence-corrected chi connectivity index (χ1v) is 5.74. The molecule has 0 aromatic heterocycles. The number of azide groups is 1. The van der Waals surface area contributed by atoms with Crippen LogP contribution in [0.5, 0.6) is 0 Å².